The molecule has 0 saturated carbocycles. The van der Waals surface area contributed by atoms with Crippen molar-refractivity contribution in [3.63, 3.8) is 0 Å². The van der Waals surface area contributed by atoms with Crippen molar-refractivity contribution in [1.82, 2.24) is 19.9 Å². The molecule has 5 rings (SSSR count). The molecule has 2 unspecified atom stereocenters. The topological polar surface area (TPSA) is 131 Å². The molecule has 1 fully saturated rings. The number of hydrogen-bond donors (Lipinski definition) is 2. The van der Waals surface area contributed by atoms with Crippen LogP contribution in [0.5, 0.6) is 0 Å². The zero-order valence-electron chi connectivity index (χ0n) is 16.8. The first-order chi connectivity index (χ1) is 15.1. The van der Waals surface area contributed by atoms with Gasteiger partial charge in [-0.1, -0.05) is 12.2 Å². The summed E-state index contributed by atoms with van der Waals surface area (Å²) in [5, 5.41) is -0.373. The molecule has 2 aromatic heterocycles. The maximum Gasteiger partial charge on any atom is 0.228 e. The Kier molecular flexibility index (Phi) is 5.38. The van der Waals surface area contributed by atoms with Gasteiger partial charge < -0.3 is 24.8 Å². The van der Waals surface area contributed by atoms with Crippen LogP contribution in [0.25, 0.3) is 11.3 Å². The van der Waals surface area contributed by atoms with E-state index in [2.05, 4.69) is 19.8 Å². The van der Waals surface area contributed by atoms with E-state index in [1.165, 1.54) is 0 Å². The highest BCUT2D eigenvalue weighted by Crippen LogP contribution is 2.38. The van der Waals surface area contributed by atoms with Gasteiger partial charge in [0.25, 0.3) is 0 Å². The van der Waals surface area contributed by atoms with Gasteiger partial charge in [-0.25, -0.2) is 19.2 Å². The quantitative estimate of drug-likeness (QED) is 0.666. The number of fused-ring (bicyclic) bond motifs is 1. The van der Waals surface area contributed by atoms with Crippen LogP contribution in [-0.2, 0) is 22.2 Å². The number of morpholine rings is 1. The Morgan fingerprint density at radius 2 is 1.94 bits per heavy atom. The highest BCUT2D eigenvalue weighted by Gasteiger charge is 2.30. The van der Waals surface area contributed by atoms with Crippen LogP contribution in [0.15, 0.2) is 36.3 Å². The molecule has 0 aromatic carbocycles. The molecule has 31 heavy (non-hydrogen) atoms. The number of nitrogens with two attached hydrogens (primary N) is 1. The lowest BCUT2D eigenvalue weighted by molar-refractivity contribution is 0.122. The summed E-state index contributed by atoms with van der Waals surface area (Å²) in [7, 11) is 0. The Morgan fingerprint density at radius 3 is 2.61 bits per heavy atom. The second kappa shape index (κ2) is 8.33. The van der Waals surface area contributed by atoms with Gasteiger partial charge in [0.1, 0.15) is 5.82 Å². The number of anilines is 3. The average Bonchev–Trinajstić information content (AvgIpc) is 3.24. The van der Waals surface area contributed by atoms with Crippen LogP contribution < -0.4 is 15.5 Å². The normalized spacial score (nSPS) is 21.7. The number of aromatic nitrogens is 4. The van der Waals surface area contributed by atoms with Crippen molar-refractivity contribution in [3.05, 3.63) is 41.9 Å². The van der Waals surface area contributed by atoms with Crippen LogP contribution in [0.1, 0.15) is 12.0 Å². The van der Waals surface area contributed by atoms with Gasteiger partial charge in [-0.05, 0) is 18.9 Å². The van der Waals surface area contributed by atoms with Gasteiger partial charge in [0.05, 0.1) is 24.2 Å². The molecule has 162 valence electrons. The minimum atomic E-state index is -1.87. The summed E-state index contributed by atoms with van der Waals surface area (Å²) in [6, 6.07) is 0. The van der Waals surface area contributed by atoms with Gasteiger partial charge in [0.2, 0.25) is 11.9 Å². The van der Waals surface area contributed by atoms with Gasteiger partial charge in [0, 0.05) is 48.9 Å². The van der Waals surface area contributed by atoms with Crippen molar-refractivity contribution in [2.75, 3.05) is 48.4 Å². The summed E-state index contributed by atoms with van der Waals surface area (Å²) < 4.78 is 26.2. The summed E-state index contributed by atoms with van der Waals surface area (Å²) >= 11 is -1.87. The van der Waals surface area contributed by atoms with Gasteiger partial charge in [0.15, 0.2) is 11.1 Å². The molecule has 0 spiro atoms. The minimum Gasteiger partial charge on any atom is -0.378 e. The Hall–Kier alpha value is -2.89. The molecule has 11 heteroatoms. The third-order valence-electron chi connectivity index (χ3n) is 5.67. The van der Waals surface area contributed by atoms with Crippen LogP contribution in [0, 0.1) is 0 Å². The van der Waals surface area contributed by atoms with Crippen molar-refractivity contribution in [2.45, 2.75) is 18.1 Å². The van der Waals surface area contributed by atoms with E-state index in [0.717, 1.165) is 54.4 Å². The van der Waals surface area contributed by atoms with Crippen LogP contribution in [0.2, 0.25) is 0 Å². The molecule has 2 aromatic rings. The smallest absolute Gasteiger partial charge is 0.228 e. The fourth-order valence-corrected chi connectivity index (χ4v) is 4.51. The molecule has 0 radical (unpaired) electrons. The highest BCUT2D eigenvalue weighted by molar-refractivity contribution is 7.80. The van der Waals surface area contributed by atoms with E-state index in [1.54, 1.807) is 18.5 Å². The fraction of sp³-hybridized carbons (Fsp3) is 0.400. The molecule has 3 aliphatic rings. The first kappa shape index (κ1) is 20.0. The van der Waals surface area contributed by atoms with Crippen LogP contribution in [-0.4, -0.2) is 66.8 Å². The zero-order valence-corrected chi connectivity index (χ0v) is 17.7. The molecule has 0 bridgehead atoms. The number of nitrogen functional groups attached to an aromatic ring is 1. The fourth-order valence-electron chi connectivity index (χ4n) is 4.04. The van der Waals surface area contributed by atoms with E-state index >= 15 is 0 Å². The van der Waals surface area contributed by atoms with Gasteiger partial charge in [-0.3, -0.25) is 0 Å². The second-order valence-corrected chi connectivity index (χ2v) is 8.70. The first-order valence-electron chi connectivity index (χ1n) is 10.2. The molecule has 10 nitrogen and oxygen atoms in total. The standard InChI is InChI=1S/C20H23N7O3S/c21-19-22-11-13(12-23-19)17-16-5-6-27(14-1-3-15(4-2-14)31(28)29)18(16)25-20(24-17)26-7-9-30-10-8-26/h1-3,11-12,15H,4-10H2,(H,28,29)(H2,21,22,23). The van der Waals surface area contributed by atoms with Crippen molar-refractivity contribution in [2.24, 2.45) is 0 Å². The first-order valence-corrected chi connectivity index (χ1v) is 11.3. The van der Waals surface area contributed by atoms with Crippen LogP contribution in [0.3, 0.4) is 0 Å². The number of hydrogen-bond acceptors (Lipinski definition) is 9. The van der Waals surface area contributed by atoms with Crippen molar-refractivity contribution in [1.29, 1.82) is 0 Å². The SMILES string of the molecule is Nc1ncc(-c2nc(N3CCOCC3)nc3c2CCN3C2=CCC(S(=O)O)C=C2)cn1. The average molecular weight is 442 g/mol. The second-order valence-electron chi connectivity index (χ2n) is 7.54. The van der Waals surface area contributed by atoms with E-state index in [1.807, 2.05) is 12.2 Å². The van der Waals surface area contributed by atoms with Crippen molar-refractivity contribution in [3.8, 4) is 11.3 Å². The third-order valence-corrected chi connectivity index (χ3v) is 6.53. The van der Waals surface area contributed by atoms with Gasteiger partial charge in [-0.2, -0.15) is 4.98 Å². The lowest BCUT2D eigenvalue weighted by atomic mass is 10.1. The molecule has 1 saturated heterocycles. The number of allylic oxidation sites excluding steroid dienone is 2. The summed E-state index contributed by atoms with van der Waals surface area (Å²) in [4.78, 5) is 22.4. The largest absolute Gasteiger partial charge is 0.378 e. The van der Waals surface area contributed by atoms with E-state index < -0.39 is 11.1 Å². The zero-order chi connectivity index (χ0) is 21.4. The minimum absolute atomic E-state index is 0.220. The Balaban J connectivity index is 1.56. The molecular formula is C20H23N7O3S. The van der Waals surface area contributed by atoms with E-state index in [-0.39, 0.29) is 11.2 Å². The Bertz CT molecular complexity index is 1070. The van der Waals surface area contributed by atoms with Gasteiger partial charge >= 0.3 is 0 Å². The molecule has 2 atom stereocenters. The maximum absolute atomic E-state index is 11.4. The van der Waals surface area contributed by atoms with E-state index in [9.17, 15) is 8.76 Å². The highest BCUT2D eigenvalue weighted by atomic mass is 32.2. The Morgan fingerprint density at radius 1 is 1.16 bits per heavy atom. The van der Waals surface area contributed by atoms with Gasteiger partial charge in [-0.15, -0.1) is 0 Å². The third kappa shape index (κ3) is 3.91. The van der Waals surface area contributed by atoms with E-state index in [0.29, 0.717) is 25.6 Å². The van der Waals surface area contributed by atoms with Crippen molar-refractivity contribution < 1.29 is 13.5 Å². The number of nitrogens with zero attached hydrogens (tertiary/aromatic N) is 6. The monoisotopic (exact) mass is 441 g/mol. The van der Waals surface area contributed by atoms with Crippen LogP contribution in [0.4, 0.5) is 17.7 Å². The summed E-state index contributed by atoms with van der Waals surface area (Å²) in [6.45, 7) is 3.48. The predicted molar refractivity (Wildman–Crippen MR) is 118 cm³/mol. The summed E-state index contributed by atoms with van der Waals surface area (Å²) in [6.07, 6.45) is 10.4. The number of rotatable bonds is 4. The Labute approximate surface area is 182 Å². The summed E-state index contributed by atoms with van der Waals surface area (Å²) in [5.41, 5.74) is 9.30. The molecule has 4 heterocycles. The van der Waals surface area contributed by atoms with E-state index in [4.69, 9.17) is 20.4 Å². The molecule has 2 aliphatic heterocycles. The molecule has 3 N–H and O–H groups in total. The molecule has 1 aliphatic carbocycles. The lowest BCUT2D eigenvalue weighted by Crippen LogP contribution is -2.37. The number of ether oxygens (including phenoxy) is 1. The summed E-state index contributed by atoms with van der Waals surface area (Å²) in [5.74, 6) is 1.72. The van der Waals surface area contributed by atoms with Crippen LogP contribution >= 0.6 is 0 Å². The predicted octanol–water partition coefficient (Wildman–Crippen LogP) is 1.15. The maximum atomic E-state index is 11.4. The molecular weight excluding hydrogens is 418 g/mol. The lowest BCUT2D eigenvalue weighted by Gasteiger charge is -2.29. The molecule has 0 amide bonds. The van der Waals surface area contributed by atoms with Crippen molar-refractivity contribution >= 4 is 28.8 Å².